The molecule has 0 saturated heterocycles. The largest absolute Gasteiger partial charge is 0.493 e. The lowest BCUT2D eigenvalue weighted by Gasteiger charge is -2.12. The van der Waals surface area contributed by atoms with Gasteiger partial charge in [0.2, 0.25) is 0 Å². The summed E-state index contributed by atoms with van der Waals surface area (Å²) < 4.78 is 16.1. The van der Waals surface area contributed by atoms with Gasteiger partial charge in [-0.05, 0) is 26.0 Å². The van der Waals surface area contributed by atoms with Gasteiger partial charge in [-0.15, -0.1) is 0 Å². The van der Waals surface area contributed by atoms with Crippen molar-refractivity contribution in [3.8, 4) is 22.8 Å². The lowest BCUT2D eigenvalue weighted by atomic mass is 10.1. The predicted octanol–water partition coefficient (Wildman–Crippen LogP) is 4.31. The van der Waals surface area contributed by atoms with Crippen molar-refractivity contribution in [1.82, 2.24) is 5.16 Å². The minimum absolute atomic E-state index is 0.297. The molecule has 1 heterocycles. The molecular weight excluding hydrogens is 332 g/mol. The van der Waals surface area contributed by atoms with Crippen LogP contribution in [0.5, 0.6) is 11.5 Å². The summed E-state index contributed by atoms with van der Waals surface area (Å²) in [4.78, 5) is 12.8. The first-order valence-electron chi connectivity index (χ1n) is 8.28. The third-order valence-electron chi connectivity index (χ3n) is 3.86. The summed E-state index contributed by atoms with van der Waals surface area (Å²) in [6.45, 7) is 4.14. The van der Waals surface area contributed by atoms with Crippen molar-refractivity contribution in [2.45, 2.75) is 13.8 Å². The number of amides is 1. The lowest BCUT2D eigenvalue weighted by Crippen LogP contribution is -2.13. The number of methoxy groups -OCH3 is 1. The van der Waals surface area contributed by atoms with Crippen molar-refractivity contribution >= 4 is 11.6 Å². The fourth-order valence-corrected chi connectivity index (χ4v) is 2.65. The molecule has 0 radical (unpaired) electrons. The highest BCUT2D eigenvalue weighted by molar-refractivity contribution is 6.08. The van der Waals surface area contributed by atoms with E-state index in [1.54, 1.807) is 32.2 Å². The number of benzene rings is 2. The number of ether oxygens (including phenoxy) is 2. The predicted molar refractivity (Wildman–Crippen MR) is 98.8 cm³/mol. The van der Waals surface area contributed by atoms with E-state index in [0.29, 0.717) is 40.8 Å². The molecule has 1 N–H and O–H groups in total. The number of aromatic nitrogens is 1. The fourth-order valence-electron chi connectivity index (χ4n) is 2.65. The molecular formula is C20H20N2O4. The Morgan fingerprint density at radius 3 is 2.62 bits per heavy atom. The Kier molecular flexibility index (Phi) is 5.22. The average molecular weight is 352 g/mol. The normalized spacial score (nSPS) is 10.4. The van der Waals surface area contributed by atoms with Crippen LogP contribution in [0.4, 0.5) is 5.69 Å². The third-order valence-corrected chi connectivity index (χ3v) is 3.86. The van der Waals surface area contributed by atoms with Gasteiger partial charge in [-0.1, -0.05) is 35.5 Å². The summed E-state index contributed by atoms with van der Waals surface area (Å²) in [6.07, 6.45) is 0. The van der Waals surface area contributed by atoms with Crippen molar-refractivity contribution < 1.29 is 18.8 Å². The molecule has 6 nitrogen and oxygen atoms in total. The van der Waals surface area contributed by atoms with E-state index in [-0.39, 0.29) is 5.91 Å². The van der Waals surface area contributed by atoms with Crippen molar-refractivity contribution in [3.05, 3.63) is 59.9 Å². The van der Waals surface area contributed by atoms with Crippen LogP contribution in [0.1, 0.15) is 23.0 Å². The molecule has 134 valence electrons. The quantitative estimate of drug-likeness (QED) is 0.715. The summed E-state index contributed by atoms with van der Waals surface area (Å²) in [7, 11) is 1.56. The molecule has 0 aliphatic rings. The second-order valence-corrected chi connectivity index (χ2v) is 5.58. The van der Waals surface area contributed by atoms with Gasteiger partial charge in [0.1, 0.15) is 17.0 Å². The van der Waals surface area contributed by atoms with E-state index in [9.17, 15) is 4.79 Å². The van der Waals surface area contributed by atoms with Crippen LogP contribution in [0.15, 0.2) is 53.1 Å². The van der Waals surface area contributed by atoms with Gasteiger partial charge in [-0.25, -0.2) is 0 Å². The van der Waals surface area contributed by atoms with E-state index in [1.807, 2.05) is 37.3 Å². The SMILES string of the molecule is CCOc1ccc(NC(=O)c2c(-c3ccccc3)noc2C)cc1OC. The summed E-state index contributed by atoms with van der Waals surface area (Å²) in [5.41, 5.74) is 2.33. The molecule has 0 bridgehead atoms. The summed E-state index contributed by atoms with van der Waals surface area (Å²) >= 11 is 0. The minimum Gasteiger partial charge on any atom is -0.493 e. The van der Waals surface area contributed by atoms with Crippen LogP contribution in [-0.2, 0) is 0 Å². The van der Waals surface area contributed by atoms with E-state index < -0.39 is 0 Å². The average Bonchev–Trinajstić information content (AvgIpc) is 3.05. The molecule has 0 saturated carbocycles. The van der Waals surface area contributed by atoms with Crippen molar-refractivity contribution in [1.29, 1.82) is 0 Å². The van der Waals surface area contributed by atoms with Gasteiger partial charge in [0.15, 0.2) is 11.5 Å². The lowest BCUT2D eigenvalue weighted by molar-refractivity contribution is 0.102. The molecule has 1 aromatic heterocycles. The van der Waals surface area contributed by atoms with Crippen LogP contribution >= 0.6 is 0 Å². The third kappa shape index (κ3) is 3.54. The summed E-state index contributed by atoms with van der Waals surface area (Å²) in [5, 5.41) is 6.91. The standard InChI is InChI=1S/C20H20N2O4/c1-4-25-16-11-10-15(12-17(16)24-3)21-20(23)18-13(2)26-22-19(18)14-8-6-5-7-9-14/h5-12H,4H2,1-3H3,(H,21,23). The van der Waals surface area contributed by atoms with Crippen molar-refractivity contribution in [3.63, 3.8) is 0 Å². The van der Waals surface area contributed by atoms with E-state index in [1.165, 1.54) is 0 Å². The zero-order chi connectivity index (χ0) is 18.5. The molecule has 0 aliphatic carbocycles. The maximum absolute atomic E-state index is 12.8. The number of rotatable bonds is 6. The molecule has 26 heavy (non-hydrogen) atoms. The number of nitrogens with one attached hydrogen (secondary N) is 1. The monoisotopic (exact) mass is 352 g/mol. The molecule has 0 atom stereocenters. The van der Waals surface area contributed by atoms with Crippen LogP contribution in [0.3, 0.4) is 0 Å². The molecule has 3 aromatic rings. The van der Waals surface area contributed by atoms with Gasteiger partial charge in [0, 0.05) is 17.3 Å². The van der Waals surface area contributed by atoms with Crippen molar-refractivity contribution in [2.75, 3.05) is 19.0 Å². The van der Waals surface area contributed by atoms with Crippen LogP contribution < -0.4 is 14.8 Å². The summed E-state index contributed by atoms with van der Waals surface area (Å²) in [5.74, 6) is 1.34. The Bertz CT molecular complexity index is 903. The Balaban J connectivity index is 1.89. The Morgan fingerprint density at radius 2 is 1.92 bits per heavy atom. The number of nitrogens with zero attached hydrogens (tertiary/aromatic N) is 1. The highest BCUT2D eigenvalue weighted by Gasteiger charge is 2.22. The molecule has 0 aliphatic heterocycles. The molecule has 0 spiro atoms. The van der Waals surface area contributed by atoms with E-state index in [2.05, 4.69) is 10.5 Å². The van der Waals surface area contributed by atoms with E-state index >= 15 is 0 Å². The Hall–Kier alpha value is -3.28. The maximum Gasteiger partial charge on any atom is 0.261 e. The Morgan fingerprint density at radius 1 is 1.15 bits per heavy atom. The van der Waals surface area contributed by atoms with Gasteiger partial charge in [-0.2, -0.15) is 0 Å². The Labute approximate surface area is 151 Å². The molecule has 0 unspecified atom stereocenters. The fraction of sp³-hybridized carbons (Fsp3) is 0.200. The zero-order valence-corrected chi connectivity index (χ0v) is 14.9. The number of carbonyl (C=O) groups excluding carboxylic acids is 1. The zero-order valence-electron chi connectivity index (χ0n) is 14.9. The highest BCUT2D eigenvalue weighted by atomic mass is 16.5. The van der Waals surface area contributed by atoms with Crippen LogP contribution in [0.25, 0.3) is 11.3 Å². The van der Waals surface area contributed by atoms with Crippen LogP contribution in [0, 0.1) is 6.92 Å². The topological polar surface area (TPSA) is 73.6 Å². The minimum atomic E-state index is -0.297. The smallest absolute Gasteiger partial charge is 0.261 e. The van der Waals surface area contributed by atoms with Crippen LogP contribution in [-0.4, -0.2) is 24.8 Å². The second kappa shape index (κ2) is 7.74. The number of anilines is 1. The first-order valence-corrected chi connectivity index (χ1v) is 8.28. The van der Waals surface area contributed by atoms with Gasteiger partial charge in [-0.3, -0.25) is 4.79 Å². The van der Waals surface area contributed by atoms with E-state index in [4.69, 9.17) is 14.0 Å². The first kappa shape index (κ1) is 17.5. The molecule has 0 fully saturated rings. The highest BCUT2D eigenvalue weighted by Crippen LogP contribution is 2.31. The van der Waals surface area contributed by atoms with Gasteiger partial charge in [0.05, 0.1) is 13.7 Å². The van der Waals surface area contributed by atoms with Gasteiger partial charge >= 0.3 is 0 Å². The molecule has 1 amide bonds. The van der Waals surface area contributed by atoms with Gasteiger partial charge < -0.3 is 19.3 Å². The molecule has 3 rings (SSSR count). The number of hydrogen-bond acceptors (Lipinski definition) is 5. The van der Waals surface area contributed by atoms with Crippen molar-refractivity contribution in [2.24, 2.45) is 0 Å². The number of aryl methyl sites for hydroxylation is 1. The second-order valence-electron chi connectivity index (χ2n) is 5.58. The number of hydrogen-bond donors (Lipinski definition) is 1. The van der Waals surface area contributed by atoms with Gasteiger partial charge in [0.25, 0.3) is 5.91 Å². The first-order chi connectivity index (χ1) is 12.6. The van der Waals surface area contributed by atoms with E-state index in [0.717, 1.165) is 5.56 Å². The van der Waals surface area contributed by atoms with Crippen LogP contribution in [0.2, 0.25) is 0 Å². The summed E-state index contributed by atoms with van der Waals surface area (Å²) in [6, 6.07) is 14.7. The molecule has 2 aromatic carbocycles. The molecule has 6 heteroatoms. The maximum atomic E-state index is 12.8. The number of carbonyl (C=O) groups is 1.